The van der Waals surface area contributed by atoms with E-state index < -0.39 is 24.0 Å². The van der Waals surface area contributed by atoms with Gasteiger partial charge >= 0.3 is 11.9 Å². The van der Waals surface area contributed by atoms with E-state index in [4.69, 9.17) is 23.2 Å². The normalized spacial score (nSPS) is 13.4. The fourth-order valence-electron chi connectivity index (χ4n) is 3.91. The number of aliphatic carboxylic acids is 2. The Bertz CT molecular complexity index is 1110. The fraction of sp³-hybridized carbons (Fsp3) is 0.333. The van der Waals surface area contributed by atoms with Crippen molar-refractivity contribution in [1.82, 2.24) is 9.88 Å². The molecule has 170 valence electrons. The van der Waals surface area contributed by atoms with Gasteiger partial charge in [-0.15, -0.1) is 0 Å². The van der Waals surface area contributed by atoms with E-state index in [-0.39, 0.29) is 12.3 Å². The lowest BCUT2D eigenvalue weighted by atomic mass is 10.0. The minimum atomic E-state index is -1.08. The predicted molar refractivity (Wildman–Crippen MR) is 127 cm³/mol. The summed E-state index contributed by atoms with van der Waals surface area (Å²) in [6.45, 7) is 4.32. The zero-order valence-corrected chi connectivity index (χ0v) is 19.4. The van der Waals surface area contributed by atoms with Gasteiger partial charge in [0.25, 0.3) is 0 Å². The van der Waals surface area contributed by atoms with Crippen LogP contribution in [0.3, 0.4) is 0 Å². The third kappa shape index (κ3) is 6.03. The largest absolute Gasteiger partial charge is 0.480 e. The number of aromatic nitrogens is 1. The number of carboxylic acids is 2. The standard InChI is InChI=1S/C24H26Cl2N2O4/c1-14(2)7-20(23(29)30)27-21(24(31)32)10-16-13-28(22-6-4-3-5-19(16)22)12-15-8-17(25)11-18(26)9-15/h3-6,8-9,11,13-14,20-21,27H,7,10,12H2,1-2H3,(H,29,30)(H,31,32). The molecule has 0 fully saturated rings. The van der Waals surface area contributed by atoms with Gasteiger partial charge in [0, 0.05) is 40.1 Å². The van der Waals surface area contributed by atoms with E-state index in [1.165, 1.54) is 0 Å². The van der Waals surface area contributed by atoms with Crippen molar-refractivity contribution < 1.29 is 19.8 Å². The Morgan fingerprint density at radius 2 is 1.62 bits per heavy atom. The van der Waals surface area contributed by atoms with Crippen LogP contribution in [0.25, 0.3) is 10.9 Å². The summed E-state index contributed by atoms with van der Waals surface area (Å²) < 4.78 is 2.02. The number of rotatable bonds is 10. The number of nitrogens with one attached hydrogen (secondary N) is 1. The second-order valence-electron chi connectivity index (χ2n) is 8.36. The molecule has 0 saturated heterocycles. The van der Waals surface area contributed by atoms with E-state index in [0.29, 0.717) is 23.0 Å². The van der Waals surface area contributed by atoms with E-state index in [9.17, 15) is 19.8 Å². The van der Waals surface area contributed by atoms with Crippen molar-refractivity contribution >= 4 is 46.0 Å². The van der Waals surface area contributed by atoms with Crippen molar-refractivity contribution in [1.29, 1.82) is 0 Å². The van der Waals surface area contributed by atoms with Crippen LogP contribution in [-0.2, 0) is 22.6 Å². The first-order valence-corrected chi connectivity index (χ1v) is 11.1. The number of carboxylic acid groups (broad SMARTS) is 2. The van der Waals surface area contributed by atoms with Crippen molar-refractivity contribution in [3.8, 4) is 0 Å². The number of nitrogens with zero attached hydrogens (tertiary/aromatic N) is 1. The highest BCUT2D eigenvalue weighted by Gasteiger charge is 2.27. The first-order valence-electron chi connectivity index (χ1n) is 10.4. The fourth-order valence-corrected chi connectivity index (χ4v) is 4.48. The van der Waals surface area contributed by atoms with Gasteiger partial charge in [-0.2, -0.15) is 0 Å². The molecule has 3 aromatic rings. The van der Waals surface area contributed by atoms with Crippen LogP contribution in [0.5, 0.6) is 0 Å². The third-order valence-electron chi connectivity index (χ3n) is 5.28. The summed E-state index contributed by atoms with van der Waals surface area (Å²) in [7, 11) is 0. The molecule has 0 amide bonds. The first kappa shape index (κ1) is 24.1. The molecule has 0 radical (unpaired) electrons. The molecule has 0 spiro atoms. The Hall–Kier alpha value is -2.54. The predicted octanol–water partition coefficient (Wildman–Crippen LogP) is 5.08. The second-order valence-corrected chi connectivity index (χ2v) is 9.23. The number of hydrogen-bond donors (Lipinski definition) is 3. The van der Waals surface area contributed by atoms with Crippen LogP contribution >= 0.6 is 23.2 Å². The van der Waals surface area contributed by atoms with Crippen molar-refractivity contribution in [2.75, 3.05) is 0 Å². The molecule has 2 atom stereocenters. The molecule has 0 aliphatic rings. The van der Waals surface area contributed by atoms with Crippen LogP contribution in [0.1, 0.15) is 31.4 Å². The minimum Gasteiger partial charge on any atom is -0.480 e. The molecule has 0 saturated carbocycles. The zero-order valence-electron chi connectivity index (χ0n) is 17.9. The highest BCUT2D eigenvalue weighted by Crippen LogP contribution is 2.26. The second kappa shape index (κ2) is 10.4. The number of para-hydroxylation sites is 1. The Balaban J connectivity index is 1.92. The van der Waals surface area contributed by atoms with Crippen molar-refractivity contribution in [2.24, 2.45) is 5.92 Å². The monoisotopic (exact) mass is 476 g/mol. The van der Waals surface area contributed by atoms with Crippen molar-refractivity contribution in [3.05, 3.63) is 69.8 Å². The molecule has 1 aromatic heterocycles. The molecule has 6 nitrogen and oxygen atoms in total. The van der Waals surface area contributed by atoms with Gasteiger partial charge in [-0.05, 0) is 47.7 Å². The third-order valence-corrected chi connectivity index (χ3v) is 5.71. The summed E-state index contributed by atoms with van der Waals surface area (Å²) in [4.78, 5) is 23.6. The van der Waals surface area contributed by atoms with E-state index in [2.05, 4.69) is 5.32 Å². The molecule has 2 unspecified atom stereocenters. The summed E-state index contributed by atoms with van der Waals surface area (Å²) in [6.07, 6.45) is 2.41. The summed E-state index contributed by atoms with van der Waals surface area (Å²) in [5, 5.41) is 24.1. The van der Waals surface area contributed by atoms with Crippen molar-refractivity contribution in [2.45, 2.75) is 45.3 Å². The molecule has 0 aliphatic heterocycles. The van der Waals surface area contributed by atoms with E-state index in [0.717, 1.165) is 22.0 Å². The van der Waals surface area contributed by atoms with Gasteiger partial charge in [-0.1, -0.05) is 55.2 Å². The first-order chi connectivity index (χ1) is 15.1. The van der Waals surface area contributed by atoms with E-state index in [1.54, 1.807) is 6.07 Å². The van der Waals surface area contributed by atoms with Crippen LogP contribution < -0.4 is 5.32 Å². The minimum absolute atomic E-state index is 0.115. The van der Waals surface area contributed by atoms with Gasteiger partial charge in [0.1, 0.15) is 12.1 Å². The number of hydrogen-bond acceptors (Lipinski definition) is 3. The Morgan fingerprint density at radius 3 is 2.22 bits per heavy atom. The van der Waals surface area contributed by atoms with Crippen LogP contribution in [0.4, 0.5) is 0 Å². The molecule has 2 aromatic carbocycles. The number of benzene rings is 2. The quantitative estimate of drug-likeness (QED) is 0.379. The number of halogens is 2. The highest BCUT2D eigenvalue weighted by atomic mass is 35.5. The lowest BCUT2D eigenvalue weighted by Crippen LogP contribution is -2.48. The van der Waals surface area contributed by atoms with Crippen LogP contribution in [0.2, 0.25) is 10.0 Å². The number of carbonyl (C=O) groups is 2. The van der Waals surface area contributed by atoms with E-state index in [1.807, 2.05) is 61.0 Å². The highest BCUT2D eigenvalue weighted by molar-refractivity contribution is 6.34. The smallest absolute Gasteiger partial charge is 0.321 e. The van der Waals surface area contributed by atoms with Gasteiger partial charge in [0.2, 0.25) is 0 Å². The molecular weight excluding hydrogens is 451 g/mol. The lowest BCUT2D eigenvalue weighted by Gasteiger charge is -2.21. The Kier molecular flexibility index (Phi) is 7.82. The molecule has 1 heterocycles. The summed E-state index contributed by atoms with van der Waals surface area (Å²) in [5.41, 5.74) is 2.69. The molecule has 0 aliphatic carbocycles. The average Bonchev–Trinajstić information content (AvgIpc) is 3.03. The van der Waals surface area contributed by atoms with Crippen LogP contribution in [0, 0.1) is 5.92 Å². The summed E-state index contributed by atoms with van der Waals surface area (Å²) >= 11 is 12.3. The zero-order chi connectivity index (χ0) is 23.4. The van der Waals surface area contributed by atoms with Gasteiger partial charge in [-0.3, -0.25) is 14.9 Å². The molecular formula is C24H26Cl2N2O4. The van der Waals surface area contributed by atoms with Gasteiger partial charge in [0.15, 0.2) is 0 Å². The van der Waals surface area contributed by atoms with Gasteiger partial charge < -0.3 is 14.8 Å². The molecule has 0 bridgehead atoms. The molecule has 8 heteroatoms. The SMILES string of the molecule is CC(C)CC(NC(Cc1cn(Cc2cc(Cl)cc(Cl)c2)c2ccccc12)C(=O)O)C(=O)O. The molecule has 3 N–H and O–H groups in total. The molecule has 3 rings (SSSR count). The van der Waals surface area contributed by atoms with E-state index >= 15 is 0 Å². The van der Waals surface area contributed by atoms with Gasteiger partial charge in [-0.25, -0.2) is 0 Å². The summed E-state index contributed by atoms with van der Waals surface area (Å²) in [6, 6.07) is 11.1. The average molecular weight is 477 g/mol. The van der Waals surface area contributed by atoms with Crippen LogP contribution in [0.15, 0.2) is 48.7 Å². The maximum Gasteiger partial charge on any atom is 0.321 e. The topological polar surface area (TPSA) is 91.6 Å². The number of fused-ring (bicyclic) bond motifs is 1. The summed E-state index contributed by atoms with van der Waals surface area (Å²) in [5.74, 6) is -2.02. The van der Waals surface area contributed by atoms with Crippen molar-refractivity contribution in [3.63, 3.8) is 0 Å². The molecule has 32 heavy (non-hydrogen) atoms. The maximum atomic E-state index is 12.0. The maximum absolute atomic E-state index is 12.0. The Morgan fingerprint density at radius 1 is 1.00 bits per heavy atom. The Labute approximate surface area is 196 Å². The van der Waals surface area contributed by atoms with Crippen LogP contribution in [-0.4, -0.2) is 38.8 Å². The lowest BCUT2D eigenvalue weighted by molar-refractivity contribution is -0.142. The van der Waals surface area contributed by atoms with Gasteiger partial charge in [0.05, 0.1) is 0 Å².